The van der Waals surface area contributed by atoms with E-state index in [-0.39, 0.29) is 23.7 Å². The van der Waals surface area contributed by atoms with Crippen LogP contribution in [0.3, 0.4) is 0 Å². The molecule has 0 saturated carbocycles. The number of carbonyl (C=O) groups is 1. The highest BCUT2D eigenvalue weighted by Crippen LogP contribution is 2.30. The first-order chi connectivity index (χ1) is 12.2. The second-order valence-corrected chi connectivity index (χ2v) is 8.36. The van der Waals surface area contributed by atoms with Crippen LogP contribution < -0.4 is 8.92 Å². The zero-order valence-corrected chi connectivity index (χ0v) is 16.5. The minimum absolute atomic E-state index is 0.0295. The van der Waals surface area contributed by atoms with Gasteiger partial charge in [-0.3, -0.25) is 4.79 Å². The Bertz CT molecular complexity index is 725. The molecule has 8 heteroatoms. The Hall–Kier alpha value is -1.80. The number of carbonyl (C=O) groups excluding carboxylic acids is 1. The van der Waals surface area contributed by atoms with Crippen LogP contribution in [0.1, 0.15) is 32.3 Å². The predicted molar refractivity (Wildman–Crippen MR) is 97.7 cm³/mol. The van der Waals surface area contributed by atoms with E-state index in [2.05, 4.69) is 0 Å². The van der Waals surface area contributed by atoms with Crippen molar-refractivity contribution in [2.24, 2.45) is 5.92 Å². The van der Waals surface area contributed by atoms with Gasteiger partial charge in [0.15, 0.2) is 11.5 Å². The zero-order chi connectivity index (χ0) is 19.3. The fourth-order valence-electron chi connectivity index (χ4n) is 2.90. The van der Waals surface area contributed by atoms with Gasteiger partial charge < -0.3 is 18.6 Å². The molecule has 0 aliphatic carbocycles. The maximum Gasteiger partial charge on any atom is 0.306 e. The smallest absolute Gasteiger partial charge is 0.306 e. The molecule has 0 aromatic heterocycles. The van der Waals surface area contributed by atoms with Crippen molar-refractivity contribution in [1.82, 2.24) is 4.90 Å². The van der Waals surface area contributed by atoms with Gasteiger partial charge >= 0.3 is 10.1 Å². The Morgan fingerprint density at radius 1 is 1.35 bits per heavy atom. The molecule has 1 saturated heterocycles. The second kappa shape index (κ2) is 8.73. The van der Waals surface area contributed by atoms with Gasteiger partial charge in [0.2, 0.25) is 5.91 Å². The zero-order valence-electron chi connectivity index (χ0n) is 15.7. The van der Waals surface area contributed by atoms with Gasteiger partial charge in [-0.1, -0.05) is 19.9 Å². The molecule has 1 aromatic rings. The monoisotopic (exact) mass is 385 g/mol. The molecule has 1 aromatic carbocycles. The van der Waals surface area contributed by atoms with Gasteiger partial charge in [-0.25, -0.2) is 0 Å². The predicted octanol–water partition coefficient (Wildman–Crippen LogP) is 2.20. The highest BCUT2D eigenvalue weighted by atomic mass is 32.2. The van der Waals surface area contributed by atoms with Gasteiger partial charge in [0.05, 0.1) is 19.5 Å². The maximum absolute atomic E-state index is 12.6. The van der Waals surface area contributed by atoms with E-state index in [1.807, 2.05) is 13.8 Å². The number of ether oxygens (including phenoxy) is 2. The molecule has 1 fully saturated rings. The second-order valence-electron chi connectivity index (χ2n) is 6.78. The van der Waals surface area contributed by atoms with Crippen LogP contribution in [0.25, 0.3) is 0 Å². The van der Waals surface area contributed by atoms with E-state index in [1.165, 1.54) is 7.11 Å². The Kier molecular flexibility index (Phi) is 6.88. The van der Waals surface area contributed by atoms with E-state index < -0.39 is 10.1 Å². The molecule has 1 aliphatic rings. The number of hydrogen-bond donors (Lipinski definition) is 0. The van der Waals surface area contributed by atoms with E-state index in [0.29, 0.717) is 18.8 Å². The summed E-state index contributed by atoms with van der Waals surface area (Å²) < 4.78 is 38.8. The molecule has 0 spiro atoms. The third kappa shape index (κ3) is 5.88. The molecule has 1 heterocycles. The average molecular weight is 385 g/mol. The molecule has 1 aliphatic heterocycles. The molecular weight excluding hydrogens is 358 g/mol. The van der Waals surface area contributed by atoms with E-state index in [9.17, 15) is 13.2 Å². The molecule has 26 heavy (non-hydrogen) atoms. The van der Waals surface area contributed by atoms with Crippen molar-refractivity contribution in [1.29, 1.82) is 0 Å². The highest BCUT2D eigenvalue weighted by molar-refractivity contribution is 7.86. The van der Waals surface area contributed by atoms with Crippen molar-refractivity contribution in [3.05, 3.63) is 23.8 Å². The third-order valence-electron chi connectivity index (χ3n) is 4.10. The minimum atomic E-state index is -3.68. The van der Waals surface area contributed by atoms with Gasteiger partial charge in [-0.15, -0.1) is 0 Å². The molecule has 7 nitrogen and oxygen atoms in total. The van der Waals surface area contributed by atoms with Crippen molar-refractivity contribution in [3.63, 3.8) is 0 Å². The fraction of sp³-hybridized carbons (Fsp3) is 0.611. The molecule has 1 atom stereocenters. The van der Waals surface area contributed by atoms with E-state index in [0.717, 1.165) is 31.3 Å². The maximum atomic E-state index is 12.6. The summed E-state index contributed by atoms with van der Waals surface area (Å²) >= 11 is 0. The summed E-state index contributed by atoms with van der Waals surface area (Å²) in [7, 11) is -2.24. The van der Waals surface area contributed by atoms with Gasteiger partial charge in [0.25, 0.3) is 0 Å². The molecule has 146 valence electrons. The van der Waals surface area contributed by atoms with Crippen molar-refractivity contribution in [2.75, 3.05) is 26.5 Å². The van der Waals surface area contributed by atoms with E-state index in [1.54, 1.807) is 23.1 Å². The van der Waals surface area contributed by atoms with E-state index >= 15 is 0 Å². The van der Waals surface area contributed by atoms with Crippen LogP contribution in [0.5, 0.6) is 11.5 Å². The number of amides is 1. The first-order valence-corrected chi connectivity index (χ1v) is 10.5. The van der Waals surface area contributed by atoms with E-state index in [4.69, 9.17) is 13.7 Å². The number of methoxy groups -OCH3 is 1. The SMILES string of the molecule is COc1ccc(CN(CC2CCCO2)C(=O)C(C)C)cc1OS(C)(=O)=O. The molecule has 0 bridgehead atoms. The lowest BCUT2D eigenvalue weighted by molar-refractivity contribution is -0.136. The highest BCUT2D eigenvalue weighted by Gasteiger charge is 2.24. The summed E-state index contributed by atoms with van der Waals surface area (Å²) in [5.74, 6) is 0.324. The van der Waals surface area contributed by atoms with Gasteiger partial charge in [0.1, 0.15) is 0 Å². The Labute approximate surface area is 155 Å². The number of hydrogen-bond acceptors (Lipinski definition) is 6. The summed E-state index contributed by atoms with van der Waals surface area (Å²) in [6.07, 6.45) is 2.96. The average Bonchev–Trinajstić information content (AvgIpc) is 3.05. The van der Waals surface area contributed by atoms with Crippen LogP contribution in [0.15, 0.2) is 18.2 Å². The number of nitrogens with zero attached hydrogens (tertiary/aromatic N) is 1. The fourth-order valence-corrected chi connectivity index (χ4v) is 3.36. The van der Waals surface area contributed by atoms with Gasteiger partial charge in [0, 0.05) is 25.6 Å². The molecule has 0 N–H and O–H groups in total. The Morgan fingerprint density at radius 2 is 2.08 bits per heavy atom. The lowest BCUT2D eigenvalue weighted by Crippen LogP contribution is -2.39. The molecular formula is C18H27NO6S. The largest absolute Gasteiger partial charge is 0.493 e. The molecule has 2 rings (SSSR count). The standard InChI is InChI=1S/C18H27NO6S/c1-13(2)18(20)19(12-15-6-5-9-24-15)11-14-7-8-16(23-3)17(10-14)25-26(4,21)22/h7-8,10,13,15H,5-6,9,11-12H2,1-4H3. The quantitative estimate of drug-likeness (QED) is 0.638. The van der Waals surface area contributed by atoms with Gasteiger partial charge in [-0.2, -0.15) is 8.42 Å². The lowest BCUT2D eigenvalue weighted by atomic mass is 10.1. The normalized spacial score (nSPS) is 17.3. The molecule has 1 amide bonds. The van der Waals surface area contributed by atoms with Crippen LogP contribution in [-0.2, 0) is 26.2 Å². The Balaban J connectivity index is 2.22. The topological polar surface area (TPSA) is 82.1 Å². The summed E-state index contributed by atoms with van der Waals surface area (Å²) in [4.78, 5) is 14.3. The van der Waals surface area contributed by atoms with Crippen molar-refractivity contribution in [3.8, 4) is 11.5 Å². The van der Waals surface area contributed by atoms with Crippen LogP contribution in [-0.4, -0.2) is 51.8 Å². The van der Waals surface area contributed by atoms with Crippen molar-refractivity contribution >= 4 is 16.0 Å². The van der Waals surface area contributed by atoms with Crippen molar-refractivity contribution in [2.45, 2.75) is 39.3 Å². The molecule has 1 unspecified atom stereocenters. The Morgan fingerprint density at radius 3 is 2.62 bits per heavy atom. The molecule has 0 radical (unpaired) electrons. The van der Waals surface area contributed by atoms with Crippen molar-refractivity contribution < 1.29 is 26.9 Å². The summed E-state index contributed by atoms with van der Waals surface area (Å²) in [5.41, 5.74) is 0.761. The summed E-state index contributed by atoms with van der Waals surface area (Å²) in [6.45, 7) is 5.31. The first-order valence-electron chi connectivity index (χ1n) is 8.66. The van der Waals surface area contributed by atoms with Gasteiger partial charge in [-0.05, 0) is 30.5 Å². The first kappa shape index (κ1) is 20.5. The van der Waals surface area contributed by atoms with Crippen LogP contribution in [0.2, 0.25) is 0 Å². The summed E-state index contributed by atoms with van der Waals surface area (Å²) in [5, 5.41) is 0. The third-order valence-corrected chi connectivity index (χ3v) is 4.58. The summed E-state index contributed by atoms with van der Waals surface area (Å²) in [6, 6.07) is 5.03. The number of rotatable bonds is 8. The lowest BCUT2D eigenvalue weighted by Gasteiger charge is -2.27. The number of benzene rings is 1. The van der Waals surface area contributed by atoms with Crippen LogP contribution in [0.4, 0.5) is 0 Å². The van der Waals surface area contributed by atoms with Crippen LogP contribution in [0, 0.1) is 5.92 Å². The van der Waals surface area contributed by atoms with Crippen LogP contribution >= 0.6 is 0 Å². The minimum Gasteiger partial charge on any atom is -0.493 e.